The van der Waals surface area contributed by atoms with Gasteiger partial charge in [0.05, 0.1) is 12.2 Å². The molecule has 0 bridgehead atoms. The first kappa shape index (κ1) is 10.5. The standard InChI is InChI=1S/C10H18N2O/c1-9-4-5-10(13)8-12(9)7-3-2-6-11/h9-10,13H,2-5,7-8H2,1H3. The van der Waals surface area contributed by atoms with Crippen LogP contribution in [0.4, 0.5) is 0 Å². The van der Waals surface area contributed by atoms with Gasteiger partial charge in [0.25, 0.3) is 0 Å². The van der Waals surface area contributed by atoms with Gasteiger partial charge in [-0.15, -0.1) is 0 Å². The molecule has 1 saturated heterocycles. The highest BCUT2D eigenvalue weighted by Gasteiger charge is 2.22. The van der Waals surface area contributed by atoms with Crippen molar-refractivity contribution in [3.8, 4) is 6.07 Å². The third-order valence-corrected chi connectivity index (χ3v) is 2.72. The van der Waals surface area contributed by atoms with Gasteiger partial charge >= 0.3 is 0 Å². The number of aliphatic hydroxyl groups is 1. The number of nitriles is 1. The minimum Gasteiger partial charge on any atom is -0.392 e. The summed E-state index contributed by atoms with van der Waals surface area (Å²) in [5.74, 6) is 0. The number of unbranched alkanes of at least 4 members (excludes halogenated alkanes) is 1. The van der Waals surface area contributed by atoms with E-state index in [9.17, 15) is 5.11 Å². The SMILES string of the molecule is CC1CCC(O)CN1CCCC#N. The van der Waals surface area contributed by atoms with Crippen LogP contribution in [0.5, 0.6) is 0 Å². The van der Waals surface area contributed by atoms with E-state index >= 15 is 0 Å². The molecule has 0 amide bonds. The van der Waals surface area contributed by atoms with Gasteiger partial charge in [-0.25, -0.2) is 0 Å². The van der Waals surface area contributed by atoms with Gasteiger partial charge in [-0.1, -0.05) is 0 Å². The van der Waals surface area contributed by atoms with E-state index in [4.69, 9.17) is 5.26 Å². The van der Waals surface area contributed by atoms with Crippen molar-refractivity contribution in [1.82, 2.24) is 4.90 Å². The molecule has 0 radical (unpaired) electrons. The molecule has 1 rings (SSSR count). The Morgan fingerprint density at radius 2 is 2.31 bits per heavy atom. The smallest absolute Gasteiger partial charge is 0.0667 e. The molecule has 2 unspecified atom stereocenters. The molecular weight excluding hydrogens is 164 g/mol. The van der Waals surface area contributed by atoms with E-state index in [-0.39, 0.29) is 6.10 Å². The fourth-order valence-electron chi connectivity index (χ4n) is 1.83. The largest absolute Gasteiger partial charge is 0.392 e. The molecule has 74 valence electrons. The lowest BCUT2D eigenvalue weighted by atomic mass is 10.0. The molecule has 0 aromatic heterocycles. The quantitative estimate of drug-likeness (QED) is 0.666. The lowest BCUT2D eigenvalue weighted by molar-refractivity contribution is 0.0407. The first-order valence-electron chi connectivity index (χ1n) is 5.03. The van der Waals surface area contributed by atoms with Gasteiger partial charge < -0.3 is 5.11 Å². The van der Waals surface area contributed by atoms with Gasteiger partial charge in [0.1, 0.15) is 0 Å². The maximum Gasteiger partial charge on any atom is 0.0667 e. The van der Waals surface area contributed by atoms with Crippen molar-refractivity contribution in [3.63, 3.8) is 0 Å². The van der Waals surface area contributed by atoms with Gasteiger partial charge in [0.15, 0.2) is 0 Å². The van der Waals surface area contributed by atoms with Crippen LogP contribution in [0.15, 0.2) is 0 Å². The first-order valence-corrected chi connectivity index (χ1v) is 5.03. The molecule has 0 aromatic rings. The van der Waals surface area contributed by atoms with Crippen molar-refractivity contribution in [2.24, 2.45) is 0 Å². The lowest BCUT2D eigenvalue weighted by Crippen LogP contribution is -2.44. The van der Waals surface area contributed by atoms with Gasteiger partial charge in [0.2, 0.25) is 0 Å². The first-order chi connectivity index (χ1) is 6.24. The Bertz CT molecular complexity index is 188. The normalized spacial score (nSPS) is 29.9. The molecule has 1 aliphatic heterocycles. The number of rotatable bonds is 3. The second-order valence-corrected chi connectivity index (χ2v) is 3.84. The molecule has 3 heteroatoms. The zero-order chi connectivity index (χ0) is 9.68. The summed E-state index contributed by atoms with van der Waals surface area (Å²) in [5, 5.41) is 17.8. The summed E-state index contributed by atoms with van der Waals surface area (Å²) in [7, 11) is 0. The molecule has 3 nitrogen and oxygen atoms in total. The highest BCUT2D eigenvalue weighted by molar-refractivity contribution is 4.79. The Morgan fingerprint density at radius 1 is 1.54 bits per heavy atom. The third-order valence-electron chi connectivity index (χ3n) is 2.72. The van der Waals surface area contributed by atoms with Gasteiger partial charge in [0, 0.05) is 19.0 Å². The van der Waals surface area contributed by atoms with Crippen LogP contribution in [0.1, 0.15) is 32.6 Å². The molecule has 13 heavy (non-hydrogen) atoms. The van der Waals surface area contributed by atoms with Gasteiger partial charge in [-0.3, -0.25) is 4.90 Å². The third kappa shape index (κ3) is 3.33. The van der Waals surface area contributed by atoms with Crippen LogP contribution < -0.4 is 0 Å². The number of nitrogens with zero attached hydrogens (tertiary/aromatic N) is 2. The van der Waals surface area contributed by atoms with Gasteiger partial charge in [-0.2, -0.15) is 5.26 Å². The predicted molar refractivity (Wildman–Crippen MR) is 51.1 cm³/mol. The highest BCUT2D eigenvalue weighted by Crippen LogP contribution is 2.17. The molecule has 1 aliphatic rings. The summed E-state index contributed by atoms with van der Waals surface area (Å²) < 4.78 is 0. The fourth-order valence-corrected chi connectivity index (χ4v) is 1.83. The van der Waals surface area contributed by atoms with Crippen molar-refractivity contribution in [2.45, 2.75) is 44.8 Å². The molecular formula is C10H18N2O. The maximum absolute atomic E-state index is 9.45. The van der Waals surface area contributed by atoms with E-state index < -0.39 is 0 Å². The van der Waals surface area contributed by atoms with Crippen LogP contribution in [0.3, 0.4) is 0 Å². The maximum atomic E-state index is 9.45. The predicted octanol–water partition coefficient (Wildman–Crippen LogP) is 1.14. The Balaban J connectivity index is 2.26. The zero-order valence-electron chi connectivity index (χ0n) is 8.24. The van der Waals surface area contributed by atoms with Crippen LogP contribution >= 0.6 is 0 Å². The van der Waals surface area contributed by atoms with E-state index in [1.54, 1.807) is 0 Å². The van der Waals surface area contributed by atoms with Crippen molar-refractivity contribution in [3.05, 3.63) is 0 Å². The minimum atomic E-state index is -0.154. The van der Waals surface area contributed by atoms with E-state index in [0.29, 0.717) is 12.5 Å². The number of aliphatic hydroxyl groups excluding tert-OH is 1. The molecule has 0 saturated carbocycles. The number of hydrogen-bond donors (Lipinski definition) is 1. The zero-order valence-corrected chi connectivity index (χ0v) is 8.24. The number of likely N-dealkylation sites (tertiary alicyclic amines) is 1. The molecule has 0 spiro atoms. The molecule has 0 aliphatic carbocycles. The van der Waals surface area contributed by atoms with Crippen molar-refractivity contribution < 1.29 is 5.11 Å². The summed E-state index contributed by atoms with van der Waals surface area (Å²) >= 11 is 0. The average Bonchev–Trinajstić information content (AvgIpc) is 2.11. The average molecular weight is 182 g/mol. The van der Waals surface area contributed by atoms with Crippen LogP contribution in [-0.2, 0) is 0 Å². The van der Waals surface area contributed by atoms with Crippen LogP contribution in [-0.4, -0.2) is 35.2 Å². The highest BCUT2D eigenvalue weighted by atomic mass is 16.3. The van der Waals surface area contributed by atoms with E-state index in [2.05, 4.69) is 17.9 Å². The van der Waals surface area contributed by atoms with E-state index in [1.165, 1.54) is 0 Å². The lowest BCUT2D eigenvalue weighted by Gasteiger charge is -2.35. The molecule has 1 heterocycles. The number of hydrogen-bond acceptors (Lipinski definition) is 3. The van der Waals surface area contributed by atoms with Crippen LogP contribution in [0, 0.1) is 11.3 Å². The van der Waals surface area contributed by atoms with Gasteiger partial charge in [-0.05, 0) is 32.7 Å². The monoisotopic (exact) mass is 182 g/mol. The Kier molecular flexibility index (Phi) is 4.20. The summed E-state index contributed by atoms with van der Waals surface area (Å²) in [6, 6.07) is 2.72. The summed E-state index contributed by atoms with van der Waals surface area (Å²) in [5.41, 5.74) is 0. The fraction of sp³-hybridized carbons (Fsp3) is 0.900. The molecule has 0 aromatic carbocycles. The Labute approximate surface area is 80.0 Å². The second kappa shape index (κ2) is 5.21. The van der Waals surface area contributed by atoms with E-state index in [1.807, 2.05) is 0 Å². The summed E-state index contributed by atoms with van der Waals surface area (Å²) in [4.78, 5) is 2.28. The Morgan fingerprint density at radius 3 is 3.00 bits per heavy atom. The molecule has 1 fully saturated rings. The van der Waals surface area contributed by atoms with Crippen molar-refractivity contribution in [2.75, 3.05) is 13.1 Å². The summed E-state index contributed by atoms with van der Waals surface area (Å²) in [6.45, 7) is 3.93. The number of β-amino-alcohol motifs (C(OH)–C–C–N with tert-alkyl or cyclic N) is 1. The number of piperidine rings is 1. The topological polar surface area (TPSA) is 47.3 Å². The van der Waals surface area contributed by atoms with Crippen molar-refractivity contribution in [1.29, 1.82) is 5.26 Å². The Hall–Kier alpha value is -0.590. The minimum absolute atomic E-state index is 0.154. The molecule has 1 N–H and O–H groups in total. The molecule has 2 atom stereocenters. The van der Waals surface area contributed by atoms with Crippen molar-refractivity contribution >= 4 is 0 Å². The van der Waals surface area contributed by atoms with Crippen LogP contribution in [0.2, 0.25) is 0 Å². The second-order valence-electron chi connectivity index (χ2n) is 3.84. The van der Waals surface area contributed by atoms with Crippen LogP contribution in [0.25, 0.3) is 0 Å². The van der Waals surface area contributed by atoms with E-state index in [0.717, 1.165) is 32.4 Å². The summed E-state index contributed by atoms with van der Waals surface area (Å²) in [6.07, 6.45) is 3.40.